The molecule has 20 heavy (non-hydrogen) atoms. The molecule has 2 aromatic carbocycles. The van der Waals surface area contributed by atoms with E-state index in [1.165, 1.54) is 11.8 Å². The fraction of sp³-hybridized carbons (Fsp3) is 0.133. The maximum atomic E-state index is 11.8. The summed E-state index contributed by atoms with van der Waals surface area (Å²) in [5.41, 5.74) is 7.40. The zero-order valence-electron chi connectivity index (χ0n) is 10.8. The van der Waals surface area contributed by atoms with E-state index in [0.717, 1.165) is 16.1 Å². The SMILES string of the molecule is NCc1cccc(SCC(=O)Nc2ccc(Cl)cc2)c1. The van der Waals surface area contributed by atoms with E-state index < -0.39 is 0 Å². The minimum Gasteiger partial charge on any atom is -0.326 e. The molecule has 104 valence electrons. The van der Waals surface area contributed by atoms with Crippen molar-refractivity contribution in [3.8, 4) is 0 Å². The van der Waals surface area contributed by atoms with Crippen molar-refractivity contribution >= 4 is 35.0 Å². The molecule has 0 saturated carbocycles. The second kappa shape index (κ2) is 7.33. The molecule has 2 rings (SSSR count). The maximum Gasteiger partial charge on any atom is 0.234 e. The molecule has 0 radical (unpaired) electrons. The molecule has 0 saturated heterocycles. The predicted octanol–water partition coefficient (Wildman–Crippen LogP) is 3.53. The fourth-order valence-electron chi connectivity index (χ4n) is 1.64. The van der Waals surface area contributed by atoms with Gasteiger partial charge in [-0.25, -0.2) is 0 Å². The molecule has 3 nitrogen and oxygen atoms in total. The van der Waals surface area contributed by atoms with Crippen molar-refractivity contribution in [2.24, 2.45) is 5.73 Å². The lowest BCUT2D eigenvalue weighted by Gasteiger charge is -2.06. The van der Waals surface area contributed by atoms with Gasteiger partial charge in [0, 0.05) is 22.2 Å². The standard InChI is InChI=1S/C15H15ClN2OS/c16-12-4-6-13(7-5-12)18-15(19)10-20-14-3-1-2-11(8-14)9-17/h1-8H,9-10,17H2,(H,18,19). The van der Waals surface area contributed by atoms with Crippen molar-refractivity contribution in [2.75, 3.05) is 11.1 Å². The third-order valence-electron chi connectivity index (χ3n) is 2.63. The fourth-order valence-corrected chi connectivity index (χ4v) is 2.55. The summed E-state index contributed by atoms with van der Waals surface area (Å²) in [6, 6.07) is 14.9. The van der Waals surface area contributed by atoms with Gasteiger partial charge in [0.1, 0.15) is 0 Å². The molecular formula is C15H15ClN2OS. The van der Waals surface area contributed by atoms with Crippen LogP contribution in [0.25, 0.3) is 0 Å². The number of amides is 1. The van der Waals surface area contributed by atoms with Crippen LogP contribution in [0.1, 0.15) is 5.56 Å². The molecular weight excluding hydrogens is 292 g/mol. The largest absolute Gasteiger partial charge is 0.326 e. The Bertz CT molecular complexity index is 587. The molecule has 0 bridgehead atoms. The Hall–Kier alpha value is -1.49. The quantitative estimate of drug-likeness (QED) is 0.831. The average Bonchev–Trinajstić information content (AvgIpc) is 2.48. The van der Waals surface area contributed by atoms with Gasteiger partial charge in [-0.05, 0) is 42.0 Å². The molecule has 0 aliphatic heterocycles. The normalized spacial score (nSPS) is 10.3. The van der Waals surface area contributed by atoms with Gasteiger partial charge in [-0.3, -0.25) is 4.79 Å². The van der Waals surface area contributed by atoms with E-state index in [0.29, 0.717) is 17.3 Å². The van der Waals surface area contributed by atoms with E-state index >= 15 is 0 Å². The van der Waals surface area contributed by atoms with Gasteiger partial charge in [-0.1, -0.05) is 23.7 Å². The number of nitrogens with one attached hydrogen (secondary N) is 1. The van der Waals surface area contributed by atoms with Crippen molar-refractivity contribution < 1.29 is 4.79 Å². The van der Waals surface area contributed by atoms with Crippen LogP contribution in [-0.4, -0.2) is 11.7 Å². The van der Waals surface area contributed by atoms with E-state index in [1.807, 2.05) is 24.3 Å². The van der Waals surface area contributed by atoms with Crippen LogP contribution in [0.15, 0.2) is 53.4 Å². The molecule has 0 aliphatic carbocycles. The molecule has 0 spiro atoms. The highest BCUT2D eigenvalue weighted by molar-refractivity contribution is 8.00. The van der Waals surface area contributed by atoms with Gasteiger partial charge in [0.15, 0.2) is 0 Å². The van der Waals surface area contributed by atoms with Crippen LogP contribution in [0, 0.1) is 0 Å². The molecule has 0 unspecified atom stereocenters. The summed E-state index contributed by atoms with van der Waals surface area (Å²) >= 11 is 7.28. The van der Waals surface area contributed by atoms with Crippen molar-refractivity contribution in [3.05, 3.63) is 59.1 Å². The van der Waals surface area contributed by atoms with Crippen molar-refractivity contribution in [1.29, 1.82) is 0 Å². The second-order valence-corrected chi connectivity index (χ2v) is 5.68. The third kappa shape index (κ3) is 4.56. The zero-order chi connectivity index (χ0) is 14.4. The van der Waals surface area contributed by atoms with E-state index in [9.17, 15) is 4.79 Å². The molecule has 0 fully saturated rings. The van der Waals surface area contributed by atoms with Crippen LogP contribution in [0.5, 0.6) is 0 Å². The van der Waals surface area contributed by atoms with E-state index in [2.05, 4.69) is 5.32 Å². The number of nitrogens with two attached hydrogens (primary N) is 1. The van der Waals surface area contributed by atoms with Gasteiger partial charge in [0.05, 0.1) is 5.75 Å². The predicted molar refractivity (Wildman–Crippen MR) is 85.1 cm³/mol. The lowest BCUT2D eigenvalue weighted by atomic mass is 10.2. The lowest BCUT2D eigenvalue weighted by molar-refractivity contribution is -0.113. The molecule has 0 heterocycles. The Labute approximate surface area is 127 Å². The van der Waals surface area contributed by atoms with Crippen LogP contribution in [0.3, 0.4) is 0 Å². The van der Waals surface area contributed by atoms with Crippen molar-refractivity contribution in [3.63, 3.8) is 0 Å². The monoisotopic (exact) mass is 306 g/mol. The minimum absolute atomic E-state index is 0.0459. The summed E-state index contributed by atoms with van der Waals surface area (Å²) < 4.78 is 0. The molecule has 0 aliphatic rings. The summed E-state index contributed by atoms with van der Waals surface area (Å²) in [4.78, 5) is 12.9. The lowest BCUT2D eigenvalue weighted by Crippen LogP contribution is -2.13. The number of rotatable bonds is 5. The maximum absolute atomic E-state index is 11.8. The van der Waals surface area contributed by atoms with Gasteiger partial charge in [0.25, 0.3) is 0 Å². The molecule has 3 N–H and O–H groups in total. The highest BCUT2D eigenvalue weighted by Gasteiger charge is 2.04. The third-order valence-corrected chi connectivity index (χ3v) is 3.88. The number of benzene rings is 2. The smallest absolute Gasteiger partial charge is 0.234 e. The Morgan fingerprint density at radius 3 is 2.65 bits per heavy atom. The first-order valence-electron chi connectivity index (χ1n) is 6.14. The molecule has 1 amide bonds. The van der Waals surface area contributed by atoms with Crippen LogP contribution in [0.2, 0.25) is 5.02 Å². The van der Waals surface area contributed by atoms with Gasteiger partial charge >= 0.3 is 0 Å². The number of halogens is 1. The van der Waals surface area contributed by atoms with Crippen LogP contribution in [-0.2, 0) is 11.3 Å². The molecule has 5 heteroatoms. The Kier molecular flexibility index (Phi) is 5.47. The number of hydrogen-bond acceptors (Lipinski definition) is 3. The highest BCUT2D eigenvalue weighted by Crippen LogP contribution is 2.20. The average molecular weight is 307 g/mol. The number of thioether (sulfide) groups is 1. The van der Waals surface area contributed by atoms with E-state index in [1.54, 1.807) is 24.3 Å². The van der Waals surface area contributed by atoms with E-state index in [4.69, 9.17) is 17.3 Å². The summed E-state index contributed by atoms with van der Waals surface area (Å²) in [5, 5.41) is 3.47. The van der Waals surface area contributed by atoms with Gasteiger partial charge < -0.3 is 11.1 Å². The summed E-state index contributed by atoms with van der Waals surface area (Å²) in [6.45, 7) is 0.505. The molecule has 0 aromatic heterocycles. The number of carbonyl (C=O) groups excluding carboxylic acids is 1. The van der Waals surface area contributed by atoms with Crippen molar-refractivity contribution in [2.45, 2.75) is 11.4 Å². The first kappa shape index (κ1) is 14.9. The molecule has 2 aromatic rings. The van der Waals surface area contributed by atoms with Crippen LogP contribution in [0.4, 0.5) is 5.69 Å². The second-order valence-electron chi connectivity index (χ2n) is 4.20. The molecule has 0 atom stereocenters. The first-order valence-corrected chi connectivity index (χ1v) is 7.51. The van der Waals surface area contributed by atoms with Gasteiger partial charge in [0.2, 0.25) is 5.91 Å². The number of carbonyl (C=O) groups is 1. The highest BCUT2D eigenvalue weighted by atomic mass is 35.5. The zero-order valence-corrected chi connectivity index (χ0v) is 12.4. The van der Waals surface area contributed by atoms with Gasteiger partial charge in [-0.2, -0.15) is 0 Å². The van der Waals surface area contributed by atoms with Crippen LogP contribution >= 0.6 is 23.4 Å². The first-order chi connectivity index (χ1) is 9.67. The summed E-state index contributed by atoms with van der Waals surface area (Å²) in [5.74, 6) is 0.312. The summed E-state index contributed by atoms with van der Waals surface area (Å²) in [7, 11) is 0. The summed E-state index contributed by atoms with van der Waals surface area (Å²) in [6.07, 6.45) is 0. The number of anilines is 1. The Morgan fingerprint density at radius 2 is 1.95 bits per heavy atom. The Morgan fingerprint density at radius 1 is 1.20 bits per heavy atom. The van der Waals surface area contributed by atoms with E-state index in [-0.39, 0.29) is 5.91 Å². The van der Waals surface area contributed by atoms with Crippen LogP contribution < -0.4 is 11.1 Å². The Balaban J connectivity index is 1.87. The van der Waals surface area contributed by atoms with Crippen molar-refractivity contribution in [1.82, 2.24) is 0 Å². The van der Waals surface area contributed by atoms with Gasteiger partial charge in [-0.15, -0.1) is 11.8 Å². The number of hydrogen-bond donors (Lipinski definition) is 2. The topological polar surface area (TPSA) is 55.1 Å². The minimum atomic E-state index is -0.0459.